The van der Waals surface area contributed by atoms with Gasteiger partial charge >= 0.3 is 0 Å². The minimum absolute atomic E-state index is 0.1000. The number of carbonyl (C=O) groups excluding carboxylic acids is 2. The zero-order valence-corrected chi connectivity index (χ0v) is 27.9. The predicted octanol–water partition coefficient (Wildman–Crippen LogP) is 5.09. The van der Waals surface area contributed by atoms with E-state index in [4.69, 9.17) is 23.2 Å². The molecule has 11 heteroatoms. The molecule has 0 radical (unpaired) electrons. The normalized spacial score (nSPS) is 23.1. The standard InChI is InChI=1S/C32H44Cl2N4O4S/c1-20(21(2)31(22-9-11-25(33)12-10-22)38(5)43(41,42)27-13-14-27)30-28(23-7-6-8-26(34)17-23)18-24(32(40)36-30)19-29(39)35-15-16-37(3)4/h6-12,17,20-21,24,27-28,30-31H,13-16,18-19H2,1-5H3,(H,35,39)(H,36,40)/t20?,21?,24-,28-,30+,31?/m1/s1. The molecule has 6 atom stereocenters. The Bertz CT molecular complexity index is 1380. The van der Waals surface area contributed by atoms with E-state index >= 15 is 0 Å². The van der Waals surface area contributed by atoms with Crippen LogP contribution in [0.1, 0.15) is 62.6 Å². The average molecular weight is 652 g/mol. The summed E-state index contributed by atoms with van der Waals surface area (Å²) in [4.78, 5) is 28.3. The maximum absolute atomic E-state index is 13.5. The van der Waals surface area contributed by atoms with Crippen LogP contribution in [0.5, 0.6) is 0 Å². The first-order chi connectivity index (χ1) is 20.3. The number of rotatable bonds is 13. The lowest BCUT2D eigenvalue weighted by molar-refractivity contribution is -0.133. The summed E-state index contributed by atoms with van der Waals surface area (Å²) in [7, 11) is 2.04. The molecule has 3 unspecified atom stereocenters. The fraction of sp³-hybridized carbons (Fsp3) is 0.562. The van der Waals surface area contributed by atoms with Gasteiger partial charge in [-0.3, -0.25) is 9.59 Å². The van der Waals surface area contributed by atoms with E-state index in [0.29, 0.717) is 42.4 Å². The summed E-state index contributed by atoms with van der Waals surface area (Å²) in [5, 5.41) is 7.01. The molecule has 2 N–H and O–H groups in total. The quantitative estimate of drug-likeness (QED) is 0.315. The van der Waals surface area contributed by atoms with Crippen LogP contribution in [0.25, 0.3) is 0 Å². The van der Waals surface area contributed by atoms with E-state index in [-0.39, 0.29) is 47.3 Å². The molecule has 1 aliphatic heterocycles. The number of hydrogen-bond donors (Lipinski definition) is 2. The molecule has 4 rings (SSSR count). The van der Waals surface area contributed by atoms with E-state index in [2.05, 4.69) is 17.6 Å². The zero-order chi connectivity index (χ0) is 31.5. The van der Waals surface area contributed by atoms with Crippen LogP contribution in [0.4, 0.5) is 0 Å². The van der Waals surface area contributed by atoms with E-state index in [9.17, 15) is 18.0 Å². The minimum Gasteiger partial charge on any atom is -0.355 e. The van der Waals surface area contributed by atoms with Gasteiger partial charge in [-0.2, -0.15) is 4.31 Å². The van der Waals surface area contributed by atoms with E-state index in [0.717, 1.165) is 11.1 Å². The van der Waals surface area contributed by atoms with E-state index in [1.807, 2.05) is 62.3 Å². The van der Waals surface area contributed by atoms with Crippen molar-refractivity contribution < 1.29 is 18.0 Å². The lowest BCUT2D eigenvalue weighted by Gasteiger charge is -2.44. The van der Waals surface area contributed by atoms with Gasteiger partial charge in [0.25, 0.3) is 0 Å². The number of nitrogens with one attached hydrogen (secondary N) is 2. The highest BCUT2D eigenvalue weighted by atomic mass is 35.5. The molecule has 2 aliphatic rings. The topological polar surface area (TPSA) is 98.8 Å². The summed E-state index contributed by atoms with van der Waals surface area (Å²) in [5.74, 6) is -1.25. The van der Waals surface area contributed by atoms with Crippen molar-refractivity contribution in [1.29, 1.82) is 0 Å². The summed E-state index contributed by atoms with van der Waals surface area (Å²) < 4.78 is 28.5. The number of piperidine rings is 1. The summed E-state index contributed by atoms with van der Waals surface area (Å²) in [5.41, 5.74) is 1.83. The largest absolute Gasteiger partial charge is 0.355 e. The molecular formula is C32H44Cl2N4O4S. The predicted molar refractivity (Wildman–Crippen MR) is 173 cm³/mol. The minimum atomic E-state index is -3.50. The van der Waals surface area contributed by atoms with Gasteiger partial charge < -0.3 is 15.5 Å². The van der Waals surface area contributed by atoms with Crippen molar-refractivity contribution in [3.8, 4) is 0 Å². The molecule has 0 spiro atoms. The number of amides is 2. The lowest BCUT2D eigenvalue weighted by atomic mass is 9.70. The second-order valence-electron chi connectivity index (χ2n) is 12.5. The molecule has 1 aliphatic carbocycles. The Balaban J connectivity index is 1.63. The Morgan fingerprint density at radius 2 is 1.72 bits per heavy atom. The SMILES string of the molecule is CC(C(C)[C@@H]1NC(=O)[C@@H](CC(=O)NCCN(C)C)C[C@@H]1c1cccc(Cl)c1)C(c1ccc(Cl)cc1)N(C)S(=O)(=O)C1CC1. The Kier molecular flexibility index (Phi) is 11.2. The van der Waals surface area contributed by atoms with Gasteiger partial charge in [-0.1, -0.05) is 61.3 Å². The van der Waals surface area contributed by atoms with Crippen LogP contribution in [0.3, 0.4) is 0 Å². The third kappa shape index (κ3) is 8.31. The molecule has 0 bridgehead atoms. The van der Waals surface area contributed by atoms with Crippen molar-refractivity contribution >= 4 is 45.0 Å². The second kappa shape index (κ2) is 14.3. The van der Waals surface area contributed by atoms with Crippen LogP contribution in [0.2, 0.25) is 10.0 Å². The second-order valence-corrected chi connectivity index (χ2v) is 15.6. The highest BCUT2D eigenvalue weighted by Crippen LogP contribution is 2.44. The maximum atomic E-state index is 13.5. The van der Waals surface area contributed by atoms with Crippen molar-refractivity contribution in [2.45, 2.75) is 62.8 Å². The molecule has 2 fully saturated rings. The zero-order valence-electron chi connectivity index (χ0n) is 25.6. The molecule has 1 heterocycles. The smallest absolute Gasteiger partial charge is 0.223 e. The number of nitrogens with zero attached hydrogens (tertiary/aromatic N) is 2. The fourth-order valence-electron chi connectivity index (χ4n) is 6.29. The van der Waals surface area contributed by atoms with Crippen LogP contribution < -0.4 is 10.6 Å². The molecule has 2 aromatic rings. The Hall–Kier alpha value is -2.17. The van der Waals surface area contributed by atoms with Crippen LogP contribution in [-0.2, 0) is 19.6 Å². The van der Waals surface area contributed by atoms with Gasteiger partial charge in [0.1, 0.15) is 0 Å². The summed E-state index contributed by atoms with van der Waals surface area (Å²) >= 11 is 12.6. The molecule has 1 saturated heterocycles. The number of hydrogen-bond acceptors (Lipinski definition) is 5. The number of halogens is 2. The van der Waals surface area contributed by atoms with Gasteiger partial charge in [-0.15, -0.1) is 0 Å². The highest BCUT2D eigenvalue weighted by Gasteiger charge is 2.46. The van der Waals surface area contributed by atoms with Crippen molar-refractivity contribution in [1.82, 2.24) is 19.8 Å². The van der Waals surface area contributed by atoms with Crippen molar-refractivity contribution in [2.24, 2.45) is 17.8 Å². The maximum Gasteiger partial charge on any atom is 0.223 e. The van der Waals surface area contributed by atoms with Gasteiger partial charge in [0.05, 0.1) is 11.3 Å². The highest BCUT2D eigenvalue weighted by molar-refractivity contribution is 7.90. The molecule has 1 saturated carbocycles. The van der Waals surface area contributed by atoms with Gasteiger partial charge in [0, 0.05) is 54.5 Å². The third-order valence-corrected chi connectivity index (χ3v) is 11.9. The fourth-order valence-corrected chi connectivity index (χ4v) is 8.45. The summed E-state index contributed by atoms with van der Waals surface area (Å²) in [6.45, 7) is 5.35. The van der Waals surface area contributed by atoms with Gasteiger partial charge in [-0.05, 0) is 80.6 Å². The average Bonchev–Trinajstić information content (AvgIpc) is 3.81. The molecule has 8 nitrogen and oxygen atoms in total. The molecule has 0 aromatic heterocycles. The van der Waals surface area contributed by atoms with Crippen LogP contribution >= 0.6 is 23.2 Å². The monoisotopic (exact) mass is 650 g/mol. The molecular weight excluding hydrogens is 607 g/mol. The molecule has 2 amide bonds. The van der Waals surface area contributed by atoms with Gasteiger partial charge in [-0.25, -0.2) is 8.42 Å². The number of sulfonamides is 1. The van der Waals surface area contributed by atoms with E-state index < -0.39 is 22.0 Å². The van der Waals surface area contributed by atoms with Crippen molar-refractivity contribution in [3.05, 3.63) is 69.7 Å². The first-order valence-electron chi connectivity index (χ1n) is 15.0. The first kappa shape index (κ1) is 33.7. The Morgan fingerprint density at radius 3 is 2.33 bits per heavy atom. The van der Waals surface area contributed by atoms with E-state index in [1.165, 1.54) is 4.31 Å². The Morgan fingerprint density at radius 1 is 1.05 bits per heavy atom. The van der Waals surface area contributed by atoms with Gasteiger partial charge in [0.15, 0.2) is 0 Å². The van der Waals surface area contributed by atoms with Gasteiger partial charge in [0.2, 0.25) is 21.8 Å². The van der Waals surface area contributed by atoms with Crippen LogP contribution in [0.15, 0.2) is 48.5 Å². The molecule has 236 valence electrons. The first-order valence-corrected chi connectivity index (χ1v) is 17.2. The van der Waals surface area contributed by atoms with Crippen LogP contribution in [-0.4, -0.2) is 75.0 Å². The number of carbonyl (C=O) groups is 2. The molecule has 2 aromatic carbocycles. The number of benzene rings is 2. The van der Waals surface area contributed by atoms with Crippen molar-refractivity contribution in [3.63, 3.8) is 0 Å². The summed E-state index contributed by atoms with van der Waals surface area (Å²) in [6.07, 6.45) is 1.92. The number of likely N-dealkylation sites (N-methyl/N-ethyl adjacent to an activating group) is 1. The summed E-state index contributed by atoms with van der Waals surface area (Å²) in [6, 6.07) is 14.2. The van der Waals surface area contributed by atoms with E-state index in [1.54, 1.807) is 19.2 Å². The Labute approximate surface area is 266 Å². The van der Waals surface area contributed by atoms with Crippen molar-refractivity contribution in [2.75, 3.05) is 34.2 Å². The molecule has 43 heavy (non-hydrogen) atoms. The lowest BCUT2D eigenvalue weighted by Crippen LogP contribution is -2.54. The third-order valence-electron chi connectivity index (χ3n) is 9.09. The van der Waals surface area contributed by atoms with Crippen LogP contribution in [0, 0.1) is 17.8 Å².